The molecule has 0 radical (unpaired) electrons. The molecule has 0 saturated carbocycles. The molecule has 1 aliphatic rings. The molecule has 0 unspecified atom stereocenters. The predicted molar refractivity (Wildman–Crippen MR) is 72.1 cm³/mol. The molecule has 20 heavy (non-hydrogen) atoms. The summed E-state index contributed by atoms with van der Waals surface area (Å²) in [6.45, 7) is 1.58. The maximum absolute atomic E-state index is 12.5. The van der Waals surface area contributed by atoms with Crippen LogP contribution in [0, 0.1) is 6.92 Å². The number of hydrogen-bond acceptors (Lipinski definition) is 4. The molecule has 2 aromatic rings. The maximum atomic E-state index is 12.5. The smallest absolute Gasteiger partial charge is 0.198 e. The highest BCUT2D eigenvalue weighted by molar-refractivity contribution is 6.29. The van der Waals surface area contributed by atoms with Gasteiger partial charge in [0.25, 0.3) is 0 Å². The Balaban J connectivity index is 2.32. The molecule has 4 nitrogen and oxygen atoms in total. The second-order valence-electron chi connectivity index (χ2n) is 4.84. The number of phenolic OH excluding ortho intramolecular Hbond substituents is 1. The third-order valence-corrected chi connectivity index (χ3v) is 3.65. The van der Waals surface area contributed by atoms with E-state index in [4.69, 9.17) is 0 Å². The second-order valence-corrected chi connectivity index (χ2v) is 4.84. The summed E-state index contributed by atoms with van der Waals surface area (Å²) in [6, 6.07) is 7.61. The molecule has 0 amide bonds. The van der Waals surface area contributed by atoms with Gasteiger partial charge in [0.05, 0.1) is 12.2 Å². The van der Waals surface area contributed by atoms with E-state index in [9.17, 15) is 19.8 Å². The summed E-state index contributed by atoms with van der Waals surface area (Å²) >= 11 is 0. The van der Waals surface area contributed by atoms with Crippen LogP contribution in [0.1, 0.15) is 43.0 Å². The van der Waals surface area contributed by atoms with E-state index >= 15 is 0 Å². The second kappa shape index (κ2) is 4.28. The lowest BCUT2D eigenvalue weighted by atomic mass is 9.82. The van der Waals surface area contributed by atoms with Gasteiger partial charge in [0.15, 0.2) is 11.6 Å². The largest absolute Gasteiger partial charge is 0.507 e. The van der Waals surface area contributed by atoms with Crippen LogP contribution >= 0.6 is 0 Å². The molecule has 0 atom stereocenters. The highest BCUT2D eigenvalue weighted by Crippen LogP contribution is 2.33. The minimum Gasteiger partial charge on any atom is -0.507 e. The Bertz CT molecular complexity index is 759. The predicted octanol–water partition coefficient (Wildman–Crippen LogP) is 1.97. The Morgan fingerprint density at radius 3 is 2.40 bits per heavy atom. The van der Waals surface area contributed by atoms with Crippen LogP contribution in [0.3, 0.4) is 0 Å². The first kappa shape index (κ1) is 12.6. The molecule has 1 aliphatic carbocycles. The lowest BCUT2D eigenvalue weighted by Crippen LogP contribution is -2.21. The van der Waals surface area contributed by atoms with Crippen molar-refractivity contribution in [2.24, 2.45) is 0 Å². The third kappa shape index (κ3) is 1.58. The van der Waals surface area contributed by atoms with Crippen LogP contribution < -0.4 is 0 Å². The number of rotatable bonds is 1. The Hall–Kier alpha value is -2.46. The van der Waals surface area contributed by atoms with Gasteiger partial charge in [-0.2, -0.15) is 0 Å². The fourth-order valence-corrected chi connectivity index (χ4v) is 2.55. The summed E-state index contributed by atoms with van der Waals surface area (Å²) in [4.78, 5) is 24.9. The van der Waals surface area contributed by atoms with E-state index in [2.05, 4.69) is 0 Å². The topological polar surface area (TPSA) is 74.6 Å². The van der Waals surface area contributed by atoms with Gasteiger partial charge in [-0.25, -0.2) is 0 Å². The molecule has 0 fully saturated rings. The average Bonchev–Trinajstić information content (AvgIpc) is 2.44. The van der Waals surface area contributed by atoms with Gasteiger partial charge in [-0.15, -0.1) is 0 Å². The Kier molecular flexibility index (Phi) is 2.69. The van der Waals surface area contributed by atoms with Crippen LogP contribution in [0.4, 0.5) is 0 Å². The van der Waals surface area contributed by atoms with Crippen molar-refractivity contribution in [1.29, 1.82) is 0 Å². The molecule has 0 bridgehead atoms. The number of carbonyl (C=O) groups excluding carboxylic acids is 2. The fourth-order valence-electron chi connectivity index (χ4n) is 2.55. The first-order valence-corrected chi connectivity index (χ1v) is 6.20. The van der Waals surface area contributed by atoms with Gasteiger partial charge < -0.3 is 10.2 Å². The maximum Gasteiger partial charge on any atom is 0.198 e. The van der Waals surface area contributed by atoms with Crippen molar-refractivity contribution in [1.82, 2.24) is 0 Å². The van der Waals surface area contributed by atoms with Gasteiger partial charge in [0.2, 0.25) is 0 Å². The zero-order valence-corrected chi connectivity index (χ0v) is 10.8. The lowest BCUT2D eigenvalue weighted by Gasteiger charge is -2.19. The number of fused-ring (bicyclic) bond motifs is 2. The summed E-state index contributed by atoms with van der Waals surface area (Å²) in [7, 11) is 0. The van der Waals surface area contributed by atoms with Crippen LogP contribution in [-0.4, -0.2) is 21.8 Å². The van der Waals surface area contributed by atoms with Crippen LogP contribution in [-0.2, 0) is 6.61 Å². The molecular weight excluding hydrogens is 256 g/mol. The van der Waals surface area contributed by atoms with Crippen LogP contribution in [0.25, 0.3) is 0 Å². The lowest BCUT2D eigenvalue weighted by molar-refractivity contribution is 0.0976. The molecule has 0 aromatic heterocycles. The quantitative estimate of drug-likeness (QED) is 0.707. The van der Waals surface area contributed by atoms with Crippen molar-refractivity contribution in [3.05, 3.63) is 63.7 Å². The zero-order valence-electron chi connectivity index (χ0n) is 10.8. The van der Waals surface area contributed by atoms with E-state index in [-0.39, 0.29) is 40.6 Å². The van der Waals surface area contributed by atoms with Crippen LogP contribution in [0.5, 0.6) is 5.75 Å². The SMILES string of the molecule is Cc1cc2c(cc1CO)C(=O)c1c(O)cccc1C2=O. The summed E-state index contributed by atoms with van der Waals surface area (Å²) < 4.78 is 0. The van der Waals surface area contributed by atoms with E-state index in [1.807, 2.05) is 0 Å². The van der Waals surface area contributed by atoms with Crippen molar-refractivity contribution in [3.63, 3.8) is 0 Å². The zero-order chi connectivity index (χ0) is 14.4. The van der Waals surface area contributed by atoms with E-state index in [0.29, 0.717) is 11.1 Å². The molecule has 0 aliphatic heterocycles. The molecule has 0 heterocycles. The van der Waals surface area contributed by atoms with Gasteiger partial charge in [-0.05, 0) is 36.2 Å². The number of aliphatic hydroxyl groups excluding tert-OH is 1. The van der Waals surface area contributed by atoms with Crippen LogP contribution in [0.15, 0.2) is 30.3 Å². The molecule has 0 spiro atoms. The average molecular weight is 268 g/mol. The number of ketones is 2. The minimum atomic E-state index is -0.387. The Morgan fingerprint density at radius 2 is 1.70 bits per heavy atom. The number of hydrogen-bond donors (Lipinski definition) is 2. The van der Waals surface area contributed by atoms with Gasteiger partial charge in [-0.3, -0.25) is 9.59 Å². The van der Waals surface area contributed by atoms with E-state index < -0.39 is 0 Å². The van der Waals surface area contributed by atoms with Gasteiger partial charge in [0.1, 0.15) is 5.75 Å². The molecule has 2 aromatic carbocycles. The highest BCUT2D eigenvalue weighted by Gasteiger charge is 2.32. The Morgan fingerprint density at radius 1 is 1.00 bits per heavy atom. The summed E-state index contributed by atoms with van der Waals surface area (Å²) in [5.41, 5.74) is 2.18. The third-order valence-electron chi connectivity index (χ3n) is 3.65. The number of aliphatic hydroxyl groups is 1. The van der Waals surface area contributed by atoms with E-state index in [1.54, 1.807) is 19.1 Å². The minimum absolute atomic E-state index is 0.0396. The molecule has 2 N–H and O–H groups in total. The molecule has 3 rings (SSSR count). The first-order chi connectivity index (χ1) is 9.54. The molecule has 0 saturated heterocycles. The normalized spacial score (nSPS) is 13.1. The molecular formula is C16H12O4. The first-order valence-electron chi connectivity index (χ1n) is 6.20. The van der Waals surface area contributed by atoms with Gasteiger partial charge in [-0.1, -0.05) is 12.1 Å². The summed E-state index contributed by atoms with van der Waals surface area (Å²) in [5.74, 6) is -0.863. The number of carbonyl (C=O) groups is 2. The van der Waals surface area contributed by atoms with E-state index in [1.165, 1.54) is 18.2 Å². The highest BCUT2D eigenvalue weighted by atomic mass is 16.3. The fraction of sp³-hybridized carbons (Fsp3) is 0.125. The van der Waals surface area contributed by atoms with Crippen molar-refractivity contribution in [2.75, 3.05) is 0 Å². The van der Waals surface area contributed by atoms with Gasteiger partial charge in [0, 0.05) is 16.7 Å². The van der Waals surface area contributed by atoms with Crippen molar-refractivity contribution in [3.8, 4) is 5.75 Å². The summed E-state index contributed by atoms with van der Waals surface area (Å²) in [5, 5.41) is 19.1. The monoisotopic (exact) mass is 268 g/mol. The molecule has 4 heteroatoms. The van der Waals surface area contributed by atoms with Crippen molar-refractivity contribution >= 4 is 11.6 Å². The number of aryl methyl sites for hydroxylation is 1. The van der Waals surface area contributed by atoms with E-state index in [0.717, 1.165) is 5.56 Å². The number of phenols is 1. The number of benzene rings is 2. The standard InChI is InChI=1S/C16H12O4/c1-8-5-11-12(6-9(8)7-17)16(20)14-10(15(11)19)3-2-4-13(14)18/h2-6,17-18H,7H2,1H3. The van der Waals surface area contributed by atoms with Crippen molar-refractivity contribution in [2.45, 2.75) is 13.5 Å². The Labute approximate surface area is 115 Å². The summed E-state index contributed by atoms with van der Waals surface area (Å²) in [6.07, 6.45) is 0. The number of aromatic hydroxyl groups is 1. The van der Waals surface area contributed by atoms with Gasteiger partial charge >= 0.3 is 0 Å². The van der Waals surface area contributed by atoms with Crippen LogP contribution in [0.2, 0.25) is 0 Å². The van der Waals surface area contributed by atoms with Crippen molar-refractivity contribution < 1.29 is 19.8 Å². The molecule has 100 valence electrons.